The second-order valence-corrected chi connectivity index (χ2v) is 4.70. The number of anilines is 2. The predicted molar refractivity (Wildman–Crippen MR) is 69.9 cm³/mol. The Kier molecular flexibility index (Phi) is 4.42. The first kappa shape index (κ1) is 12.3. The summed E-state index contributed by atoms with van der Waals surface area (Å²) >= 11 is 3.47. The Morgan fingerprint density at radius 3 is 2.60 bits per heavy atom. The van der Waals surface area contributed by atoms with Gasteiger partial charge in [-0.05, 0) is 47.4 Å². The van der Waals surface area contributed by atoms with Gasteiger partial charge in [0.15, 0.2) is 0 Å². The summed E-state index contributed by atoms with van der Waals surface area (Å²) in [5.41, 5.74) is 13.2. The van der Waals surface area contributed by atoms with Gasteiger partial charge in [-0.15, -0.1) is 0 Å². The van der Waals surface area contributed by atoms with Gasteiger partial charge in [-0.3, -0.25) is 0 Å². The van der Waals surface area contributed by atoms with Crippen molar-refractivity contribution in [2.75, 3.05) is 17.6 Å². The third-order valence-corrected chi connectivity index (χ3v) is 3.30. The highest BCUT2D eigenvalue weighted by Crippen LogP contribution is 2.29. The number of nitrogens with two attached hydrogens (primary N) is 2. The summed E-state index contributed by atoms with van der Waals surface area (Å²) in [6.45, 7) is 4.89. The number of halogens is 1. The maximum atomic E-state index is 5.89. The smallest absolute Gasteiger partial charge is 0.0720 e. The number of hydrogen-bond donors (Lipinski definition) is 3. The molecule has 0 bridgehead atoms. The molecule has 1 aromatic rings. The Morgan fingerprint density at radius 1 is 1.40 bits per heavy atom. The largest absolute Gasteiger partial charge is 0.397 e. The van der Waals surface area contributed by atoms with Crippen LogP contribution in [0.3, 0.4) is 0 Å². The van der Waals surface area contributed by atoms with Crippen molar-refractivity contribution in [2.45, 2.75) is 19.9 Å². The van der Waals surface area contributed by atoms with E-state index >= 15 is 0 Å². The first-order chi connectivity index (χ1) is 7.06. The minimum absolute atomic E-state index is 0.302. The van der Waals surface area contributed by atoms with Gasteiger partial charge >= 0.3 is 0 Å². The molecule has 15 heavy (non-hydrogen) atoms. The van der Waals surface area contributed by atoms with Gasteiger partial charge in [0.05, 0.1) is 11.4 Å². The summed E-state index contributed by atoms with van der Waals surface area (Å²) in [4.78, 5) is 0. The number of hydrogen-bond acceptors (Lipinski definition) is 3. The number of rotatable bonds is 4. The third kappa shape index (κ3) is 3.11. The number of para-hydroxylation sites is 1. The van der Waals surface area contributed by atoms with Crippen LogP contribution in [0, 0.1) is 5.92 Å². The molecule has 3 nitrogen and oxygen atoms in total. The second kappa shape index (κ2) is 5.37. The van der Waals surface area contributed by atoms with Crippen molar-refractivity contribution >= 4 is 27.3 Å². The normalized spacial score (nSPS) is 14.7. The van der Waals surface area contributed by atoms with Crippen molar-refractivity contribution in [2.24, 2.45) is 11.7 Å². The van der Waals surface area contributed by atoms with Crippen LogP contribution >= 0.6 is 15.9 Å². The monoisotopic (exact) mass is 271 g/mol. The molecule has 0 aliphatic rings. The molecule has 0 saturated heterocycles. The fourth-order valence-electron chi connectivity index (χ4n) is 1.27. The predicted octanol–water partition coefficient (Wildman–Crippen LogP) is 2.43. The Hall–Kier alpha value is -0.740. The van der Waals surface area contributed by atoms with Crippen LogP contribution in [-0.4, -0.2) is 12.6 Å². The zero-order valence-electron chi connectivity index (χ0n) is 9.13. The van der Waals surface area contributed by atoms with Crippen molar-refractivity contribution in [1.29, 1.82) is 0 Å². The SMILES string of the molecule is CC(CN)C(C)Nc1c(N)cccc1Br. The third-order valence-electron chi connectivity index (χ3n) is 2.64. The molecule has 0 saturated carbocycles. The first-order valence-corrected chi connectivity index (χ1v) is 5.86. The standard InChI is InChI=1S/C11H18BrN3/c1-7(6-13)8(2)15-11-9(12)4-3-5-10(11)14/h3-5,7-8,15H,6,13-14H2,1-2H3. The minimum atomic E-state index is 0.302. The molecule has 0 aromatic heterocycles. The first-order valence-electron chi connectivity index (χ1n) is 5.06. The van der Waals surface area contributed by atoms with E-state index in [1.807, 2.05) is 18.2 Å². The van der Waals surface area contributed by atoms with Gasteiger partial charge in [0.1, 0.15) is 0 Å². The van der Waals surface area contributed by atoms with Crippen molar-refractivity contribution < 1.29 is 0 Å². The summed E-state index contributed by atoms with van der Waals surface area (Å²) in [7, 11) is 0. The van der Waals surface area contributed by atoms with Gasteiger partial charge in [-0.2, -0.15) is 0 Å². The summed E-state index contributed by atoms with van der Waals surface area (Å²) < 4.78 is 0.985. The molecule has 0 aliphatic carbocycles. The van der Waals surface area contributed by atoms with E-state index in [2.05, 4.69) is 35.1 Å². The lowest BCUT2D eigenvalue weighted by Gasteiger charge is -2.22. The van der Waals surface area contributed by atoms with Crippen LogP contribution in [0.25, 0.3) is 0 Å². The lowest BCUT2D eigenvalue weighted by atomic mass is 10.0. The highest BCUT2D eigenvalue weighted by Gasteiger charge is 2.12. The van der Waals surface area contributed by atoms with E-state index < -0.39 is 0 Å². The minimum Gasteiger partial charge on any atom is -0.397 e. The van der Waals surface area contributed by atoms with Gasteiger partial charge in [0, 0.05) is 10.5 Å². The van der Waals surface area contributed by atoms with Crippen LogP contribution in [-0.2, 0) is 0 Å². The molecule has 0 spiro atoms. The maximum absolute atomic E-state index is 5.89. The van der Waals surface area contributed by atoms with Gasteiger partial charge in [0.25, 0.3) is 0 Å². The van der Waals surface area contributed by atoms with Crippen molar-refractivity contribution in [3.8, 4) is 0 Å². The average Bonchev–Trinajstić information content (AvgIpc) is 2.22. The quantitative estimate of drug-likeness (QED) is 0.737. The Bertz CT molecular complexity index is 307. The molecule has 1 aromatic carbocycles. The summed E-state index contributed by atoms with van der Waals surface area (Å²) in [6, 6.07) is 6.07. The van der Waals surface area contributed by atoms with E-state index in [0.29, 0.717) is 18.5 Å². The Morgan fingerprint density at radius 2 is 2.07 bits per heavy atom. The fraction of sp³-hybridized carbons (Fsp3) is 0.455. The van der Waals surface area contributed by atoms with Gasteiger partial charge in [0.2, 0.25) is 0 Å². The highest BCUT2D eigenvalue weighted by atomic mass is 79.9. The van der Waals surface area contributed by atoms with Crippen LogP contribution in [0.4, 0.5) is 11.4 Å². The molecular weight excluding hydrogens is 254 g/mol. The van der Waals surface area contributed by atoms with Crippen LogP contribution in [0.1, 0.15) is 13.8 Å². The molecule has 0 amide bonds. The van der Waals surface area contributed by atoms with Gasteiger partial charge < -0.3 is 16.8 Å². The zero-order valence-corrected chi connectivity index (χ0v) is 10.7. The lowest BCUT2D eigenvalue weighted by Crippen LogP contribution is -2.29. The van der Waals surface area contributed by atoms with E-state index in [-0.39, 0.29) is 0 Å². The molecule has 0 aliphatic heterocycles. The van der Waals surface area contributed by atoms with Crippen molar-refractivity contribution in [1.82, 2.24) is 0 Å². The molecule has 4 heteroatoms. The van der Waals surface area contributed by atoms with Crippen LogP contribution in [0.2, 0.25) is 0 Å². The van der Waals surface area contributed by atoms with Gasteiger partial charge in [-0.1, -0.05) is 13.0 Å². The van der Waals surface area contributed by atoms with E-state index in [0.717, 1.165) is 15.8 Å². The van der Waals surface area contributed by atoms with Crippen molar-refractivity contribution in [3.63, 3.8) is 0 Å². The highest BCUT2D eigenvalue weighted by molar-refractivity contribution is 9.10. The fourth-order valence-corrected chi connectivity index (χ4v) is 1.76. The molecule has 5 N–H and O–H groups in total. The molecular formula is C11H18BrN3. The second-order valence-electron chi connectivity index (χ2n) is 3.85. The topological polar surface area (TPSA) is 64.1 Å². The summed E-state index contributed by atoms with van der Waals surface area (Å²) in [5.74, 6) is 0.413. The van der Waals surface area contributed by atoms with E-state index in [1.54, 1.807) is 0 Å². The lowest BCUT2D eigenvalue weighted by molar-refractivity contribution is 0.521. The molecule has 0 radical (unpaired) electrons. The summed E-state index contributed by atoms with van der Waals surface area (Å²) in [6.07, 6.45) is 0. The number of nitrogens with one attached hydrogen (secondary N) is 1. The van der Waals surface area contributed by atoms with Crippen LogP contribution < -0.4 is 16.8 Å². The van der Waals surface area contributed by atoms with Crippen LogP contribution in [0.5, 0.6) is 0 Å². The number of nitrogen functional groups attached to an aromatic ring is 1. The van der Waals surface area contributed by atoms with E-state index in [9.17, 15) is 0 Å². The van der Waals surface area contributed by atoms with Gasteiger partial charge in [-0.25, -0.2) is 0 Å². The van der Waals surface area contributed by atoms with E-state index in [4.69, 9.17) is 11.5 Å². The average molecular weight is 272 g/mol. The zero-order chi connectivity index (χ0) is 11.4. The Labute approximate surface area is 99.4 Å². The molecule has 0 heterocycles. The van der Waals surface area contributed by atoms with Crippen molar-refractivity contribution in [3.05, 3.63) is 22.7 Å². The number of benzene rings is 1. The molecule has 0 fully saturated rings. The summed E-state index contributed by atoms with van der Waals surface area (Å²) in [5, 5.41) is 3.38. The molecule has 1 rings (SSSR count). The maximum Gasteiger partial charge on any atom is 0.0720 e. The molecule has 84 valence electrons. The Balaban J connectivity index is 2.80. The van der Waals surface area contributed by atoms with E-state index in [1.165, 1.54) is 0 Å². The van der Waals surface area contributed by atoms with Crippen LogP contribution in [0.15, 0.2) is 22.7 Å². The molecule has 2 atom stereocenters. The molecule has 2 unspecified atom stereocenters.